The van der Waals surface area contributed by atoms with Gasteiger partial charge in [0, 0.05) is 5.69 Å². The van der Waals surface area contributed by atoms with Crippen molar-refractivity contribution < 1.29 is 9.21 Å². The lowest BCUT2D eigenvalue weighted by Gasteiger charge is -2.08. The zero-order chi connectivity index (χ0) is 14.5. The molecule has 1 amide bonds. The summed E-state index contributed by atoms with van der Waals surface area (Å²) in [6.45, 7) is 4.13. The lowest BCUT2D eigenvalue weighted by molar-refractivity contribution is -0.113. The van der Waals surface area contributed by atoms with E-state index in [0.29, 0.717) is 11.1 Å². The van der Waals surface area contributed by atoms with E-state index in [1.807, 2.05) is 32.0 Å². The number of anilines is 1. The molecule has 106 valence electrons. The van der Waals surface area contributed by atoms with E-state index >= 15 is 0 Å². The van der Waals surface area contributed by atoms with E-state index in [1.165, 1.54) is 11.8 Å². The number of nitrogens with one attached hydrogen (secondary N) is 1. The minimum absolute atomic E-state index is 0.115. The van der Waals surface area contributed by atoms with Crippen LogP contribution in [0.25, 0.3) is 0 Å². The largest absolute Gasteiger partial charge is 0.415 e. The zero-order valence-electron chi connectivity index (χ0n) is 11.3. The number of nitrogens with two attached hydrogens (primary N) is 1. The van der Waals surface area contributed by atoms with E-state index in [-0.39, 0.29) is 18.2 Å². The number of rotatable bonds is 5. The molecule has 3 N–H and O–H groups in total. The Morgan fingerprint density at radius 2 is 2.20 bits per heavy atom. The van der Waals surface area contributed by atoms with Crippen molar-refractivity contribution in [3.05, 3.63) is 35.2 Å². The highest BCUT2D eigenvalue weighted by molar-refractivity contribution is 7.99. The highest BCUT2D eigenvalue weighted by Crippen LogP contribution is 2.19. The van der Waals surface area contributed by atoms with Gasteiger partial charge in [0.2, 0.25) is 11.8 Å². The summed E-state index contributed by atoms with van der Waals surface area (Å²) >= 11 is 1.19. The van der Waals surface area contributed by atoms with Gasteiger partial charge in [-0.15, -0.1) is 10.2 Å². The maximum atomic E-state index is 11.9. The molecule has 0 unspecified atom stereocenters. The fourth-order valence-electron chi connectivity index (χ4n) is 1.56. The number of amides is 1. The van der Waals surface area contributed by atoms with Gasteiger partial charge < -0.3 is 15.5 Å². The zero-order valence-corrected chi connectivity index (χ0v) is 12.2. The standard InChI is InChI=1S/C13H16N4O2S/c1-8-3-4-9(2)10(5-8)15-11(18)7-20-13-17-16-12(6-14)19-13/h3-5H,6-7,14H2,1-2H3,(H,15,18). The smallest absolute Gasteiger partial charge is 0.277 e. The van der Waals surface area contributed by atoms with E-state index in [0.717, 1.165) is 16.8 Å². The van der Waals surface area contributed by atoms with Crippen LogP contribution in [0.5, 0.6) is 0 Å². The third-order valence-corrected chi connectivity index (χ3v) is 3.44. The Bertz CT molecular complexity index is 612. The van der Waals surface area contributed by atoms with Crippen LogP contribution in [0.3, 0.4) is 0 Å². The number of carbonyl (C=O) groups excluding carboxylic acids is 1. The van der Waals surface area contributed by atoms with Crippen LogP contribution in [-0.2, 0) is 11.3 Å². The summed E-state index contributed by atoms with van der Waals surface area (Å²) in [4.78, 5) is 11.9. The Morgan fingerprint density at radius 3 is 2.90 bits per heavy atom. The lowest BCUT2D eigenvalue weighted by Crippen LogP contribution is -2.14. The third kappa shape index (κ3) is 3.82. The molecule has 1 aromatic carbocycles. The van der Waals surface area contributed by atoms with Crippen LogP contribution in [-0.4, -0.2) is 21.9 Å². The Hall–Kier alpha value is -1.86. The monoisotopic (exact) mass is 292 g/mol. The molecule has 0 radical (unpaired) electrons. The highest BCUT2D eigenvalue weighted by atomic mass is 32.2. The fraction of sp³-hybridized carbons (Fsp3) is 0.308. The number of benzene rings is 1. The van der Waals surface area contributed by atoms with E-state index < -0.39 is 0 Å². The van der Waals surface area contributed by atoms with Crippen molar-refractivity contribution in [1.82, 2.24) is 10.2 Å². The van der Waals surface area contributed by atoms with Crippen LogP contribution in [0.1, 0.15) is 17.0 Å². The Kier molecular flexibility index (Phi) is 4.75. The van der Waals surface area contributed by atoms with Gasteiger partial charge in [0.1, 0.15) is 0 Å². The summed E-state index contributed by atoms with van der Waals surface area (Å²) in [7, 11) is 0. The molecule has 0 bridgehead atoms. The first kappa shape index (κ1) is 14.5. The summed E-state index contributed by atoms with van der Waals surface area (Å²) < 4.78 is 5.21. The number of aryl methyl sites for hydroxylation is 2. The van der Waals surface area contributed by atoms with Crippen molar-refractivity contribution in [2.24, 2.45) is 5.73 Å². The fourth-order valence-corrected chi connectivity index (χ4v) is 2.14. The van der Waals surface area contributed by atoms with Gasteiger partial charge in [0.15, 0.2) is 0 Å². The molecule has 0 aliphatic heterocycles. The Morgan fingerprint density at radius 1 is 1.40 bits per heavy atom. The molecule has 7 heteroatoms. The maximum Gasteiger partial charge on any atom is 0.277 e. The van der Waals surface area contributed by atoms with E-state index in [1.54, 1.807) is 0 Å². The molecular weight excluding hydrogens is 276 g/mol. The van der Waals surface area contributed by atoms with Gasteiger partial charge in [0.25, 0.3) is 5.22 Å². The number of thioether (sulfide) groups is 1. The van der Waals surface area contributed by atoms with Crippen LogP contribution >= 0.6 is 11.8 Å². The van der Waals surface area contributed by atoms with Crippen molar-refractivity contribution in [1.29, 1.82) is 0 Å². The van der Waals surface area contributed by atoms with Crippen molar-refractivity contribution in [3.8, 4) is 0 Å². The molecule has 6 nitrogen and oxygen atoms in total. The van der Waals surface area contributed by atoms with Crippen molar-refractivity contribution in [2.45, 2.75) is 25.6 Å². The van der Waals surface area contributed by atoms with Crippen molar-refractivity contribution >= 4 is 23.4 Å². The van der Waals surface area contributed by atoms with Gasteiger partial charge in [-0.05, 0) is 31.0 Å². The highest BCUT2D eigenvalue weighted by Gasteiger charge is 2.10. The first-order valence-corrected chi connectivity index (χ1v) is 7.09. The molecule has 0 aliphatic rings. The molecule has 1 aromatic heterocycles. The van der Waals surface area contributed by atoms with Gasteiger partial charge >= 0.3 is 0 Å². The summed E-state index contributed by atoms with van der Waals surface area (Å²) in [5.41, 5.74) is 8.32. The number of hydrogen-bond acceptors (Lipinski definition) is 6. The minimum Gasteiger partial charge on any atom is -0.415 e. The first-order chi connectivity index (χ1) is 9.58. The SMILES string of the molecule is Cc1ccc(C)c(NC(=O)CSc2nnc(CN)o2)c1. The summed E-state index contributed by atoms with van der Waals surface area (Å²) in [5.74, 6) is 0.457. The Balaban J connectivity index is 1.90. The Labute approximate surface area is 121 Å². The van der Waals surface area contributed by atoms with Crippen molar-refractivity contribution in [3.63, 3.8) is 0 Å². The molecule has 0 saturated heterocycles. The maximum absolute atomic E-state index is 11.9. The minimum atomic E-state index is -0.115. The van der Waals surface area contributed by atoms with E-state index in [2.05, 4.69) is 15.5 Å². The van der Waals surface area contributed by atoms with Crippen LogP contribution < -0.4 is 11.1 Å². The number of aromatic nitrogens is 2. The molecule has 0 saturated carbocycles. The second-order valence-corrected chi connectivity index (χ2v) is 5.25. The van der Waals surface area contributed by atoms with Crippen LogP contribution in [0, 0.1) is 13.8 Å². The van der Waals surface area contributed by atoms with Crippen LogP contribution in [0.15, 0.2) is 27.8 Å². The molecule has 2 rings (SSSR count). The normalized spacial score (nSPS) is 10.6. The molecule has 0 atom stereocenters. The van der Waals surface area contributed by atoms with Gasteiger partial charge in [0.05, 0.1) is 12.3 Å². The molecule has 1 heterocycles. The van der Waals surface area contributed by atoms with E-state index in [9.17, 15) is 4.79 Å². The first-order valence-electron chi connectivity index (χ1n) is 6.11. The topological polar surface area (TPSA) is 94.0 Å². The van der Waals surface area contributed by atoms with E-state index in [4.69, 9.17) is 10.2 Å². The summed E-state index contributed by atoms with van der Waals surface area (Å²) in [6, 6.07) is 5.92. The quantitative estimate of drug-likeness (QED) is 0.817. The average molecular weight is 292 g/mol. The van der Waals surface area contributed by atoms with Gasteiger partial charge in [-0.1, -0.05) is 23.9 Å². The number of nitrogens with zero attached hydrogens (tertiary/aromatic N) is 2. The molecule has 0 aliphatic carbocycles. The molecular formula is C13H16N4O2S. The second-order valence-electron chi connectivity index (χ2n) is 4.32. The predicted molar refractivity (Wildman–Crippen MR) is 77.5 cm³/mol. The lowest BCUT2D eigenvalue weighted by atomic mass is 10.1. The van der Waals surface area contributed by atoms with Crippen LogP contribution in [0.2, 0.25) is 0 Å². The summed E-state index contributed by atoms with van der Waals surface area (Å²) in [5, 5.41) is 10.7. The predicted octanol–water partition coefficient (Wildman–Crippen LogP) is 1.88. The molecule has 0 fully saturated rings. The summed E-state index contributed by atoms with van der Waals surface area (Å²) in [6.07, 6.45) is 0. The number of hydrogen-bond donors (Lipinski definition) is 2. The van der Waals surface area contributed by atoms with Gasteiger partial charge in [-0.25, -0.2) is 0 Å². The average Bonchev–Trinajstić information content (AvgIpc) is 2.89. The van der Waals surface area contributed by atoms with Crippen molar-refractivity contribution in [2.75, 3.05) is 11.1 Å². The van der Waals surface area contributed by atoms with Gasteiger partial charge in [-0.3, -0.25) is 4.79 Å². The van der Waals surface area contributed by atoms with Gasteiger partial charge in [-0.2, -0.15) is 0 Å². The number of carbonyl (C=O) groups is 1. The molecule has 2 aromatic rings. The third-order valence-electron chi connectivity index (χ3n) is 2.62. The molecule has 0 spiro atoms. The van der Waals surface area contributed by atoms with Crippen LogP contribution in [0.4, 0.5) is 5.69 Å². The molecule has 20 heavy (non-hydrogen) atoms. The second kappa shape index (κ2) is 6.53.